The van der Waals surface area contributed by atoms with Crippen LogP contribution in [0.25, 0.3) is 11.3 Å². The number of hydrogen-bond acceptors (Lipinski definition) is 4. The maximum absolute atomic E-state index is 13.5. The molecule has 4 aromatic rings. The van der Waals surface area contributed by atoms with Gasteiger partial charge in [-0.05, 0) is 24.6 Å². The van der Waals surface area contributed by atoms with Crippen LogP contribution in [0.3, 0.4) is 0 Å². The second-order valence-corrected chi connectivity index (χ2v) is 7.91. The SMILES string of the molecule is Cc1ccc(NC(=O)C2CC(c3ccccc3)=Nn3c(N)nc(-c4ccccc4)c32)cc1. The van der Waals surface area contributed by atoms with Gasteiger partial charge in [-0.15, -0.1) is 0 Å². The van der Waals surface area contributed by atoms with Crippen LogP contribution in [-0.4, -0.2) is 21.3 Å². The number of hydrogen-bond donors (Lipinski definition) is 2. The zero-order valence-corrected chi connectivity index (χ0v) is 17.7. The Morgan fingerprint density at radius 2 is 1.56 bits per heavy atom. The van der Waals surface area contributed by atoms with Crippen molar-refractivity contribution < 1.29 is 4.79 Å². The lowest BCUT2D eigenvalue weighted by Crippen LogP contribution is -2.29. The van der Waals surface area contributed by atoms with Crippen molar-refractivity contribution in [1.82, 2.24) is 9.66 Å². The fraction of sp³-hybridized carbons (Fsp3) is 0.115. The van der Waals surface area contributed by atoms with Gasteiger partial charge in [0.1, 0.15) is 0 Å². The van der Waals surface area contributed by atoms with Crippen molar-refractivity contribution in [3.8, 4) is 11.3 Å². The Balaban J connectivity index is 1.61. The average molecular weight is 422 g/mol. The zero-order chi connectivity index (χ0) is 22.1. The lowest BCUT2D eigenvalue weighted by Gasteiger charge is -2.24. The summed E-state index contributed by atoms with van der Waals surface area (Å²) in [5.74, 6) is -0.348. The first-order valence-corrected chi connectivity index (χ1v) is 10.5. The van der Waals surface area contributed by atoms with Crippen molar-refractivity contribution in [2.24, 2.45) is 5.10 Å². The summed E-state index contributed by atoms with van der Waals surface area (Å²) in [6.07, 6.45) is 0.451. The molecule has 3 aromatic carbocycles. The summed E-state index contributed by atoms with van der Waals surface area (Å²) in [7, 11) is 0. The molecule has 1 unspecified atom stereocenters. The van der Waals surface area contributed by atoms with E-state index in [2.05, 4.69) is 10.3 Å². The number of aromatic nitrogens is 2. The number of nitrogens with zero attached hydrogens (tertiary/aromatic N) is 3. The quantitative estimate of drug-likeness (QED) is 0.495. The van der Waals surface area contributed by atoms with Crippen LogP contribution in [-0.2, 0) is 4.79 Å². The van der Waals surface area contributed by atoms with E-state index in [0.29, 0.717) is 17.8 Å². The van der Waals surface area contributed by atoms with Crippen LogP contribution in [0.2, 0.25) is 0 Å². The van der Waals surface area contributed by atoms with Crippen molar-refractivity contribution in [3.05, 3.63) is 102 Å². The van der Waals surface area contributed by atoms with Crippen LogP contribution >= 0.6 is 0 Å². The standard InChI is InChI=1S/C26H23N5O/c1-17-12-14-20(15-13-17)28-25(32)21-16-22(18-8-4-2-5-9-18)30-31-24(21)23(29-26(31)27)19-10-6-3-7-11-19/h2-15,21H,16H2,1H3,(H2,27,29)(H,28,32). The van der Waals surface area contributed by atoms with E-state index in [0.717, 1.165) is 28.1 Å². The van der Waals surface area contributed by atoms with E-state index in [1.54, 1.807) is 4.68 Å². The highest BCUT2D eigenvalue weighted by atomic mass is 16.1. The first kappa shape index (κ1) is 19.8. The number of carbonyl (C=O) groups is 1. The Kier molecular flexibility index (Phi) is 5.03. The summed E-state index contributed by atoms with van der Waals surface area (Å²) in [6, 6.07) is 27.4. The molecule has 0 bridgehead atoms. The predicted molar refractivity (Wildman–Crippen MR) is 128 cm³/mol. The Bertz CT molecular complexity index is 1290. The number of nitrogens with one attached hydrogen (secondary N) is 1. The normalized spacial score (nSPS) is 15.0. The minimum absolute atomic E-state index is 0.115. The molecule has 0 saturated heterocycles. The van der Waals surface area contributed by atoms with E-state index in [4.69, 9.17) is 10.8 Å². The zero-order valence-electron chi connectivity index (χ0n) is 17.7. The molecule has 5 rings (SSSR count). The number of fused-ring (bicyclic) bond motifs is 1. The first-order valence-electron chi connectivity index (χ1n) is 10.5. The van der Waals surface area contributed by atoms with Gasteiger partial charge in [-0.1, -0.05) is 78.4 Å². The van der Waals surface area contributed by atoms with Crippen LogP contribution < -0.4 is 11.1 Å². The van der Waals surface area contributed by atoms with Crippen LogP contribution in [0.15, 0.2) is 90.0 Å². The smallest absolute Gasteiger partial charge is 0.234 e. The molecule has 0 radical (unpaired) electrons. The van der Waals surface area contributed by atoms with Gasteiger partial charge < -0.3 is 11.1 Å². The fourth-order valence-electron chi connectivity index (χ4n) is 4.01. The topological polar surface area (TPSA) is 85.3 Å². The van der Waals surface area contributed by atoms with Gasteiger partial charge in [0, 0.05) is 17.7 Å². The number of anilines is 2. The summed E-state index contributed by atoms with van der Waals surface area (Å²) >= 11 is 0. The van der Waals surface area contributed by atoms with Gasteiger partial charge in [-0.3, -0.25) is 4.79 Å². The second kappa shape index (κ2) is 8.15. The molecule has 0 aliphatic carbocycles. The minimum atomic E-state index is -0.496. The van der Waals surface area contributed by atoms with E-state index in [-0.39, 0.29) is 11.9 Å². The molecule has 158 valence electrons. The average Bonchev–Trinajstić information content (AvgIpc) is 3.17. The molecule has 0 saturated carbocycles. The first-order chi connectivity index (χ1) is 15.6. The van der Waals surface area contributed by atoms with Crippen LogP contribution in [0, 0.1) is 6.92 Å². The highest BCUT2D eigenvalue weighted by Gasteiger charge is 2.35. The number of aryl methyl sites for hydroxylation is 1. The molecule has 32 heavy (non-hydrogen) atoms. The Morgan fingerprint density at radius 1 is 0.938 bits per heavy atom. The van der Waals surface area contributed by atoms with Gasteiger partial charge in [0.25, 0.3) is 0 Å². The molecule has 3 N–H and O–H groups in total. The molecule has 1 amide bonds. The maximum Gasteiger partial charge on any atom is 0.234 e. The predicted octanol–water partition coefficient (Wildman–Crippen LogP) is 4.82. The van der Waals surface area contributed by atoms with Gasteiger partial charge in [0.2, 0.25) is 11.9 Å². The molecule has 6 nitrogen and oxygen atoms in total. The number of amides is 1. The molecule has 1 aliphatic rings. The molecular formula is C26H23N5O. The summed E-state index contributed by atoms with van der Waals surface area (Å²) in [4.78, 5) is 18.1. The second-order valence-electron chi connectivity index (χ2n) is 7.91. The van der Waals surface area contributed by atoms with Crippen molar-refractivity contribution in [2.45, 2.75) is 19.3 Å². The van der Waals surface area contributed by atoms with Gasteiger partial charge >= 0.3 is 0 Å². The number of nitrogen functional groups attached to an aromatic ring is 1. The summed E-state index contributed by atoms with van der Waals surface area (Å²) in [6.45, 7) is 2.02. The minimum Gasteiger partial charge on any atom is -0.368 e. The van der Waals surface area contributed by atoms with Crippen LogP contribution in [0.5, 0.6) is 0 Å². The van der Waals surface area contributed by atoms with E-state index in [1.165, 1.54) is 0 Å². The lowest BCUT2D eigenvalue weighted by molar-refractivity contribution is -0.117. The molecule has 1 aromatic heterocycles. The highest BCUT2D eigenvalue weighted by Crippen LogP contribution is 2.37. The van der Waals surface area contributed by atoms with Crippen molar-refractivity contribution >= 4 is 23.3 Å². The maximum atomic E-state index is 13.5. The van der Waals surface area contributed by atoms with Crippen molar-refractivity contribution in [3.63, 3.8) is 0 Å². The van der Waals surface area contributed by atoms with E-state index in [1.807, 2.05) is 91.9 Å². The number of benzene rings is 3. The summed E-state index contributed by atoms with van der Waals surface area (Å²) < 4.78 is 1.62. The largest absolute Gasteiger partial charge is 0.368 e. The molecule has 2 heterocycles. The number of nitrogens with two attached hydrogens (primary N) is 1. The van der Waals surface area contributed by atoms with Gasteiger partial charge in [0.05, 0.1) is 23.0 Å². The van der Waals surface area contributed by atoms with Crippen LogP contribution in [0.1, 0.15) is 29.2 Å². The van der Waals surface area contributed by atoms with Crippen LogP contribution in [0.4, 0.5) is 11.6 Å². The Hall–Kier alpha value is -4.19. The van der Waals surface area contributed by atoms with E-state index in [9.17, 15) is 4.79 Å². The molecule has 1 atom stereocenters. The molecule has 1 aliphatic heterocycles. The van der Waals surface area contributed by atoms with E-state index >= 15 is 0 Å². The molecule has 6 heteroatoms. The molecule has 0 fully saturated rings. The third kappa shape index (κ3) is 3.67. The number of rotatable bonds is 4. The van der Waals surface area contributed by atoms with E-state index < -0.39 is 5.92 Å². The molecular weight excluding hydrogens is 398 g/mol. The third-order valence-corrected chi connectivity index (χ3v) is 5.65. The summed E-state index contributed by atoms with van der Waals surface area (Å²) in [5.41, 5.74) is 12.2. The monoisotopic (exact) mass is 421 g/mol. The Morgan fingerprint density at radius 3 is 2.22 bits per heavy atom. The van der Waals surface area contributed by atoms with Gasteiger partial charge in [0.15, 0.2) is 0 Å². The fourth-order valence-corrected chi connectivity index (χ4v) is 4.01. The van der Waals surface area contributed by atoms with Crippen molar-refractivity contribution in [1.29, 1.82) is 0 Å². The van der Waals surface area contributed by atoms with Crippen molar-refractivity contribution in [2.75, 3.05) is 11.1 Å². The van der Waals surface area contributed by atoms with Gasteiger partial charge in [-0.2, -0.15) is 5.10 Å². The third-order valence-electron chi connectivity index (χ3n) is 5.65. The number of carbonyl (C=O) groups excluding carboxylic acids is 1. The molecule has 0 spiro atoms. The lowest BCUT2D eigenvalue weighted by atomic mass is 9.90. The Labute approximate surface area is 186 Å². The number of imidazole rings is 1. The summed E-state index contributed by atoms with van der Waals surface area (Å²) in [5, 5.41) is 7.84. The van der Waals surface area contributed by atoms with Gasteiger partial charge in [-0.25, -0.2) is 9.66 Å². The highest BCUT2D eigenvalue weighted by molar-refractivity contribution is 6.07.